The Morgan fingerprint density at radius 1 is 1.19 bits per heavy atom. The molecule has 0 saturated heterocycles. The van der Waals surface area contributed by atoms with Gasteiger partial charge in [-0.2, -0.15) is 4.39 Å². The topological polar surface area (TPSA) is 72.2 Å². The molecule has 0 saturated carbocycles. The van der Waals surface area contributed by atoms with Crippen LogP contribution in [0.3, 0.4) is 0 Å². The third-order valence-corrected chi connectivity index (χ3v) is 3.48. The molecule has 0 aliphatic rings. The lowest BCUT2D eigenvalue weighted by Crippen LogP contribution is -2.13. The molecule has 0 fully saturated rings. The van der Waals surface area contributed by atoms with E-state index in [1.165, 1.54) is 18.2 Å². The molecule has 2 aromatic rings. The number of anilines is 1. The van der Waals surface area contributed by atoms with Crippen molar-refractivity contribution in [3.05, 3.63) is 67.3 Å². The number of nitrogens with one attached hydrogen (secondary N) is 1. The van der Waals surface area contributed by atoms with E-state index in [9.17, 15) is 23.7 Å². The van der Waals surface area contributed by atoms with Crippen LogP contribution in [-0.4, -0.2) is 10.8 Å². The molecule has 2 rings (SSSR count). The van der Waals surface area contributed by atoms with Gasteiger partial charge in [0.1, 0.15) is 5.82 Å². The van der Waals surface area contributed by atoms with E-state index in [0.29, 0.717) is 9.26 Å². The lowest BCUT2D eigenvalue weighted by molar-refractivity contribution is -0.387. The second-order valence-corrected chi connectivity index (χ2v) is 5.16. The van der Waals surface area contributed by atoms with Crippen LogP contribution >= 0.6 is 22.6 Å². The minimum atomic E-state index is -1.02. The normalized spacial score (nSPS) is 10.2. The average molecular weight is 404 g/mol. The molecule has 0 unspecified atom stereocenters. The van der Waals surface area contributed by atoms with Crippen molar-refractivity contribution in [1.29, 1.82) is 0 Å². The van der Waals surface area contributed by atoms with Crippen LogP contribution in [0.5, 0.6) is 0 Å². The zero-order valence-electron chi connectivity index (χ0n) is 10.3. The van der Waals surface area contributed by atoms with Crippen LogP contribution in [-0.2, 0) is 0 Å². The summed E-state index contributed by atoms with van der Waals surface area (Å²) in [4.78, 5) is 21.7. The number of rotatable bonds is 3. The van der Waals surface area contributed by atoms with E-state index in [0.717, 1.165) is 18.2 Å². The summed E-state index contributed by atoms with van der Waals surface area (Å²) in [7, 11) is 0. The maximum atomic E-state index is 13.2. The Balaban J connectivity index is 2.28. The fourth-order valence-corrected chi connectivity index (χ4v) is 2.19. The summed E-state index contributed by atoms with van der Waals surface area (Å²) >= 11 is 1.84. The predicted molar refractivity (Wildman–Crippen MR) is 80.1 cm³/mol. The first-order chi connectivity index (χ1) is 9.88. The van der Waals surface area contributed by atoms with E-state index in [1.54, 1.807) is 0 Å². The molecule has 0 aliphatic heterocycles. The SMILES string of the molecule is O=C(Nc1ccc(F)cc1I)c1ccc(F)c([N+](=O)[O-])c1. The molecule has 5 nitrogen and oxygen atoms in total. The second-order valence-electron chi connectivity index (χ2n) is 4.00. The Hall–Kier alpha value is -2.10. The number of carbonyl (C=O) groups is 1. The molecule has 21 heavy (non-hydrogen) atoms. The highest BCUT2D eigenvalue weighted by Gasteiger charge is 2.18. The van der Waals surface area contributed by atoms with Gasteiger partial charge in [-0.05, 0) is 52.9 Å². The number of benzene rings is 2. The van der Waals surface area contributed by atoms with E-state index < -0.39 is 28.2 Å². The lowest BCUT2D eigenvalue weighted by atomic mass is 10.1. The third-order valence-electron chi connectivity index (χ3n) is 2.58. The average Bonchev–Trinajstić information content (AvgIpc) is 2.42. The smallest absolute Gasteiger partial charge is 0.305 e. The number of carbonyl (C=O) groups excluding carboxylic acids is 1. The van der Waals surface area contributed by atoms with Crippen LogP contribution in [0.15, 0.2) is 36.4 Å². The van der Waals surface area contributed by atoms with Crippen molar-refractivity contribution in [2.75, 3.05) is 5.32 Å². The number of nitro groups is 1. The van der Waals surface area contributed by atoms with E-state index in [-0.39, 0.29) is 5.56 Å². The molecule has 8 heteroatoms. The minimum absolute atomic E-state index is 0.0665. The minimum Gasteiger partial charge on any atom is -0.321 e. The number of amides is 1. The first-order valence-corrected chi connectivity index (χ1v) is 6.66. The van der Waals surface area contributed by atoms with E-state index in [4.69, 9.17) is 0 Å². The zero-order chi connectivity index (χ0) is 15.6. The Bertz CT molecular complexity index is 737. The molecule has 0 heterocycles. The molecule has 0 aliphatic carbocycles. The highest BCUT2D eigenvalue weighted by molar-refractivity contribution is 14.1. The van der Waals surface area contributed by atoms with Crippen molar-refractivity contribution in [1.82, 2.24) is 0 Å². The monoisotopic (exact) mass is 404 g/mol. The summed E-state index contributed by atoms with van der Waals surface area (Å²) in [5.74, 6) is -2.12. The molecule has 0 bridgehead atoms. The van der Waals surface area contributed by atoms with Crippen molar-refractivity contribution in [2.45, 2.75) is 0 Å². The fraction of sp³-hybridized carbons (Fsp3) is 0. The molecule has 0 spiro atoms. The van der Waals surface area contributed by atoms with Gasteiger partial charge in [-0.15, -0.1) is 0 Å². The molecular formula is C13H7F2IN2O3. The van der Waals surface area contributed by atoms with Crippen LogP contribution < -0.4 is 5.32 Å². The number of hydrogen-bond donors (Lipinski definition) is 1. The van der Waals surface area contributed by atoms with Gasteiger partial charge in [0, 0.05) is 15.2 Å². The van der Waals surface area contributed by atoms with Crippen LogP contribution in [0.25, 0.3) is 0 Å². The standard InChI is InChI=1S/C13H7F2IN2O3/c14-8-2-4-11(10(16)6-8)17-13(19)7-1-3-9(15)12(5-7)18(20)21/h1-6H,(H,17,19). The van der Waals surface area contributed by atoms with Gasteiger partial charge in [-0.1, -0.05) is 0 Å². The van der Waals surface area contributed by atoms with Crippen molar-refractivity contribution >= 4 is 39.9 Å². The van der Waals surface area contributed by atoms with E-state index in [2.05, 4.69) is 5.32 Å². The Kier molecular flexibility index (Phi) is 4.46. The summed E-state index contributed by atoms with van der Waals surface area (Å²) in [6.07, 6.45) is 0. The van der Waals surface area contributed by atoms with Crippen LogP contribution in [0.2, 0.25) is 0 Å². The van der Waals surface area contributed by atoms with Crippen molar-refractivity contribution in [2.24, 2.45) is 0 Å². The molecule has 0 radical (unpaired) electrons. The third kappa shape index (κ3) is 3.51. The summed E-state index contributed by atoms with van der Waals surface area (Å²) in [6, 6.07) is 6.60. The Labute approximate surface area is 131 Å². The molecule has 2 aromatic carbocycles. The summed E-state index contributed by atoms with van der Waals surface area (Å²) in [6.45, 7) is 0. The van der Waals surface area contributed by atoms with E-state index >= 15 is 0 Å². The quantitative estimate of drug-likeness (QED) is 0.482. The van der Waals surface area contributed by atoms with Gasteiger partial charge in [0.05, 0.1) is 10.6 Å². The summed E-state index contributed by atoms with van der Waals surface area (Å²) in [5.41, 5.74) is -0.492. The number of halogens is 3. The van der Waals surface area contributed by atoms with Gasteiger partial charge in [-0.25, -0.2) is 4.39 Å². The molecule has 108 valence electrons. The largest absolute Gasteiger partial charge is 0.321 e. The second kappa shape index (κ2) is 6.12. The number of nitro benzene ring substituents is 1. The number of hydrogen-bond acceptors (Lipinski definition) is 3. The fourth-order valence-electron chi connectivity index (χ4n) is 1.58. The summed E-state index contributed by atoms with van der Waals surface area (Å²) < 4.78 is 26.6. The maximum absolute atomic E-state index is 13.2. The van der Waals surface area contributed by atoms with Crippen molar-refractivity contribution in [3.63, 3.8) is 0 Å². The predicted octanol–water partition coefficient (Wildman–Crippen LogP) is 3.73. The van der Waals surface area contributed by atoms with Gasteiger partial charge >= 0.3 is 5.69 Å². The molecule has 1 N–H and O–H groups in total. The summed E-state index contributed by atoms with van der Waals surface area (Å²) in [5, 5.41) is 13.1. The first kappa shape index (κ1) is 15.3. The van der Waals surface area contributed by atoms with Crippen molar-refractivity contribution < 1.29 is 18.5 Å². The van der Waals surface area contributed by atoms with Crippen LogP contribution in [0.1, 0.15) is 10.4 Å². The zero-order valence-corrected chi connectivity index (χ0v) is 12.4. The van der Waals surface area contributed by atoms with Gasteiger partial charge < -0.3 is 5.32 Å². The highest BCUT2D eigenvalue weighted by atomic mass is 127. The molecule has 0 atom stereocenters. The van der Waals surface area contributed by atoms with Crippen LogP contribution in [0, 0.1) is 25.3 Å². The molecule has 0 aromatic heterocycles. The van der Waals surface area contributed by atoms with Gasteiger partial charge in [-0.3, -0.25) is 14.9 Å². The van der Waals surface area contributed by atoms with Gasteiger partial charge in [0.15, 0.2) is 0 Å². The van der Waals surface area contributed by atoms with Gasteiger partial charge in [0.2, 0.25) is 5.82 Å². The molecular weight excluding hydrogens is 397 g/mol. The number of nitrogens with zero attached hydrogens (tertiary/aromatic N) is 1. The van der Waals surface area contributed by atoms with Gasteiger partial charge in [0.25, 0.3) is 5.91 Å². The maximum Gasteiger partial charge on any atom is 0.305 e. The highest BCUT2D eigenvalue weighted by Crippen LogP contribution is 2.22. The lowest BCUT2D eigenvalue weighted by Gasteiger charge is -2.07. The van der Waals surface area contributed by atoms with Crippen LogP contribution in [0.4, 0.5) is 20.2 Å². The molecule has 1 amide bonds. The van der Waals surface area contributed by atoms with Crippen molar-refractivity contribution in [3.8, 4) is 0 Å². The Morgan fingerprint density at radius 3 is 2.52 bits per heavy atom. The first-order valence-electron chi connectivity index (χ1n) is 5.59. The van der Waals surface area contributed by atoms with E-state index in [1.807, 2.05) is 22.6 Å². The Morgan fingerprint density at radius 2 is 1.90 bits per heavy atom.